The molecule has 7 rings (SSSR count). The Balaban J connectivity index is 1.08. The van der Waals surface area contributed by atoms with Crippen molar-refractivity contribution in [3.63, 3.8) is 0 Å². The summed E-state index contributed by atoms with van der Waals surface area (Å²) in [5.74, 6) is 1.25. The highest BCUT2D eigenvalue weighted by Crippen LogP contribution is 2.58. The van der Waals surface area contributed by atoms with Crippen molar-refractivity contribution in [1.29, 1.82) is 0 Å². The van der Waals surface area contributed by atoms with Gasteiger partial charge in [-0.25, -0.2) is 4.79 Å². The molecule has 4 aliphatic carbocycles. The van der Waals surface area contributed by atoms with Gasteiger partial charge in [-0.2, -0.15) is 0 Å². The molecular weight excluding hydrogens is 428 g/mol. The number of carbonyl (C=O) groups is 2. The fourth-order valence-corrected chi connectivity index (χ4v) is 7.30. The number of hydrogen-bond acceptors (Lipinski definition) is 5. The van der Waals surface area contributed by atoms with Gasteiger partial charge in [0.1, 0.15) is 5.60 Å². The quantitative estimate of drug-likeness (QED) is 0.689. The summed E-state index contributed by atoms with van der Waals surface area (Å²) in [4.78, 5) is 31.7. The zero-order chi connectivity index (χ0) is 23.2. The minimum absolute atomic E-state index is 0.113. The third kappa shape index (κ3) is 4.17. The van der Waals surface area contributed by atoms with Crippen molar-refractivity contribution in [2.24, 2.45) is 11.8 Å². The lowest BCUT2D eigenvalue weighted by Gasteiger charge is -2.61. The molecule has 2 aromatic rings. The van der Waals surface area contributed by atoms with Crippen LogP contribution in [0.4, 0.5) is 4.79 Å². The fourth-order valence-electron chi connectivity index (χ4n) is 7.30. The van der Waals surface area contributed by atoms with Gasteiger partial charge in [-0.05, 0) is 72.8 Å². The molecule has 4 atom stereocenters. The van der Waals surface area contributed by atoms with Crippen molar-refractivity contribution in [3.8, 4) is 0 Å². The second kappa shape index (κ2) is 8.38. The summed E-state index contributed by atoms with van der Waals surface area (Å²) in [5.41, 5.74) is 2.95. The number of alkyl carbamates (subject to hydrolysis) is 1. The van der Waals surface area contributed by atoms with E-state index in [1.807, 2.05) is 29.2 Å². The summed E-state index contributed by atoms with van der Waals surface area (Å²) < 4.78 is 6.15. The fraction of sp³-hybridized carbons (Fsp3) is 0.519. The molecule has 34 heavy (non-hydrogen) atoms. The highest BCUT2D eigenvalue weighted by Gasteiger charge is 2.59. The Bertz CT molecular complexity index is 1050. The van der Waals surface area contributed by atoms with Gasteiger partial charge >= 0.3 is 6.09 Å². The molecule has 2 heterocycles. The van der Waals surface area contributed by atoms with E-state index in [4.69, 9.17) is 4.74 Å². The highest BCUT2D eigenvalue weighted by molar-refractivity contribution is 5.79. The van der Waals surface area contributed by atoms with Crippen molar-refractivity contribution in [2.45, 2.75) is 69.3 Å². The zero-order valence-corrected chi connectivity index (χ0v) is 19.5. The molecule has 1 aromatic carbocycles. The van der Waals surface area contributed by atoms with Gasteiger partial charge in [-0.3, -0.25) is 9.78 Å². The van der Waals surface area contributed by atoms with E-state index >= 15 is 0 Å². The first kappa shape index (κ1) is 21.6. The van der Waals surface area contributed by atoms with Gasteiger partial charge in [-0.15, -0.1) is 0 Å². The SMILES string of the molecule is O=C(NCc1ccncc1)OC12C[C@@H]3C[C@@H](CC(NCC(=O)N4Cc5ccccc5C4)(C3)C1)C2. The predicted molar refractivity (Wildman–Crippen MR) is 126 cm³/mol. The minimum atomic E-state index is -0.424. The van der Waals surface area contributed by atoms with Crippen LogP contribution >= 0.6 is 0 Å². The maximum atomic E-state index is 13.0. The monoisotopic (exact) mass is 460 g/mol. The Kier molecular flexibility index (Phi) is 5.32. The van der Waals surface area contributed by atoms with Crippen molar-refractivity contribution >= 4 is 12.0 Å². The summed E-state index contributed by atoms with van der Waals surface area (Å²) in [6.07, 6.45) is 9.11. The summed E-state index contributed by atoms with van der Waals surface area (Å²) >= 11 is 0. The largest absolute Gasteiger partial charge is 0.443 e. The van der Waals surface area contributed by atoms with E-state index < -0.39 is 5.60 Å². The van der Waals surface area contributed by atoms with Crippen LogP contribution in [0.3, 0.4) is 0 Å². The second-order valence-corrected chi connectivity index (χ2v) is 10.9. The maximum absolute atomic E-state index is 13.0. The van der Waals surface area contributed by atoms with Gasteiger partial charge in [0.05, 0.1) is 6.54 Å². The Morgan fingerprint density at radius 3 is 2.35 bits per heavy atom. The average Bonchev–Trinajstić information content (AvgIpc) is 3.25. The number of benzene rings is 1. The molecule has 0 spiro atoms. The minimum Gasteiger partial charge on any atom is -0.443 e. The van der Waals surface area contributed by atoms with Crippen LogP contribution in [-0.2, 0) is 29.2 Å². The molecule has 7 heteroatoms. The molecule has 2 unspecified atom stereocenters. The van der Waals surface area contributed by atoms with Crippen LogP contribution in [0.15, 0.2) is 48.8 Å². The third-order valence-corrected chi connectivity index (χ3v) is 8.31. The predicted octanol–water partition coefficient (Wildman–Crippen LogP) is 3.53. The van der Waals surface area contributed by atoms with E-state index in [2.05, 4.69) is 27.8 Å². The molecule has 2 amide bonds. The number of carbonyl (C=O) groups excluding carboxylic acids is 2. The molecule has 0 radical (unpaired) electrons. The topological polar surface area (TPSA) is 83.6 Å². The molecule has 4 bridgehead atoms. The molecule has 4 saturated carbocycles. The number of amides is 2. The molecule has 0 saturated heterocycles. The Hall–Kier alpha value is -2.93. The molecule has 5 aliphatic rings. The van der Waals surface area contributed by atoms with Crippen LogP contribution in [-0.4, -0.2) is 39.6 Å². The lowest BCUT2D eigenvalue weighted by molar-refractivity contribution is -0.148. The first-order chi connectivity index (χ1) is 16.5. The lowest BCUT2D eigenvalue weighted by Crippen LogP contribution is -2.66. The maximum Gasteiger partial charge on any atom is 0.407 e. The number of rotatable bonds is 6. The second-order valence-electron chi connectivity index (χ2n) is 10.9. The molecule has 1 aliphatic heterocycles. The first-order valence-corrected chi connectivity index (χ1v) is 12.5. The van der Waals surface area contributed by atoms with Gasteiger partial charge < -0.3 is 20.3 Å². The van der Waals surface area contributed by atoms with Gasteiger partial charge in [0.25, 0.3) is 0 Å². The summed E-state index contributed by atoms with van der Waals surface area (Å²) in [6.45, 7) is 2.16. The van der Waals surface area contributed by atoms with Gasteiger partial charge in [0.15, 0.2) is 0 Å². The van der Waals surface area contributed by atoms with Crippen molar-refractivity contribution in [2.75, 3.05) is 6.54 Å². The van der Waals surface area contributed by atoms with E-state index in [-0.39, 0.29) is 17.5 Å². The van der Waals surface area contributed by atoms with E-state index in [0.29, 0.717) is 38.0 Å². The number of pyridine rings is 1. The Morgan fingerprint density at radius 2 is 1.68 bits per heavy atom. The van der Waals surface area contributed by atoms with E-state index in [1.54, 1.807) is 12.4 Å². The van der Waals surface area contributed by atoms with E-state index in [9.17, 15) is 9.59 Å². The highest BCUT2D eigenvalue weighted by atomic mass is 16.6. The third-order valence-electron chi connectivity index (χ3n) is 8.31. The lowest BCUT2D eigenvalue weighted by atomic mass is 9.51. The van der Waals surface area contributed by atoms with Crippen LogP contribution < -0.4 is 10.6 Å². The number of ether oxygens (including phenoxy) is 1. The van der Waals surface area contributed by atoms with Crippen molar-refractivity contribution < 1.29 is 14.3 Å². The van der Waals surface area contributed by atoms with Crippen molar-refractivity contribution in [1.82, 2.24) is 20.5 Å². The van der Waals surface area contributed by atoms with Crippen molar-refractivity contribution in [3.05, 3.63) is 65.5 Å². The van der Waals surface area contributed by atoms with Gasteiger partial charge in [0.2, 0.25) is 5.91 Å². The molecular formula is C27H32N4O3. The number of fused-ring (bicyclic) bond motifs is 1. The molecule has 2 N–H and O–H groups in total. The molecule has 1 aromatic heterocycles. The van der Waals surface area contributed by atoms with E-state index in [1.165, 1.54) is 17.5 Å². The van der Waals surface area contributed by atoms with Crippen LogP contribution in [0, 0.1) is 11.8 Å². The van der Waals surface area contributed by atoms with Gasteiger partial charge in [0, 0.05) is 44.0 Å². The average molecular weight is 461 g/mol. The number of nitrogens with one attached hydrogen (secondary N) is 2. The van der Waals surface area contributed by atoms with Gasteiger partial charge in [-0.1, -0.05) is 24.3 Å². The van der Waals surface area contributed by atoms with Crippen LogP contribution in [0.1, 0.15) is 55.2 Å². The molecule has 4 fully saturated rings. The van der Waals surface area contributed by atoms with Crippen LogP contribution in [0.2, 0.25) is 0 Å². The first-order valence-electron chi connectivity index (χ1n) is 12.5. The Labute approximate surface area is 200 Å². The number of aromatic nitrogens is 1. The number of nitrogens with zero attached hydrogens (tertiary/aromatic N) is 2. The Morgan fingerprint density at radius 1 is 1.00 bits per heavy atom. The molecule has 7 nitrogen and oxygen atoms in total. The summed E-state index contributed by atoms with van der Waals surface area (Å²) in [6, 6.07) is 12.1. The summed E-state index contributed by atoms with van der Waals surface area (Å²) in [7, 11) is 0. The van der Waals surface area contributed by atoms with Crippen LogP contribution in [0.25, 0.3) is 0 Å². The normalized spacial score (nSPS) is 30.8. The van der Waals surface area contributed by atoms with E-state index in [0.717, 1.165) is 37.7 Å². The standard InChI is InChI=1S/C27H32N4O3/c32-24(31-16-22-3-1-2-4-23(22)17-31)15-30-26-10-20-9-21(11-26)13-27(12-20,18-26)34-25(33)29-14-19-5-7-28-8-6-19/h1-8,20-21,30H,9-18H2,(H,29,33)/t20-,21+,26?,27?. The zero-order valence-electron chi connectivity index (χ0n) is 19.5. The molecule has 178 valence electrons. The summed E-state index contributed by atoms with van der Waals surface area (Å²) in [5, 5.41) is 6.59. The number of hydrogen-bond donors (Lipinski definition) is 2. The van der Waals surface area contributed by atoms with Crippen LogP contribution in [0.5, 0.6) is 0 Å². The smallest absolute Gasteiger partial charge is 0.407 e.